The zero-order valence-corrected chi connectivity index (χ0v) is 10.2. The van der Waals surface area contributed by atoms with E-state index >= 15 is 0 Å². The summed E-state index contributed by atoms with van der Waals surface area (Å²) in [6.45, 7) is 1.87. The fourth-order valence-corrected chi connectivity index (χ4v) is 1.63. The number of hydrogen-bond donors (Lipinski definition) is 0. The lowest BCUT2D eigenvalue weighted by Crippen LogP contribution is -1.99. The van der Waals surface area contributed by atoms with Crippen LogP contribution in [-0.2, 0) is 12.8 Å². The molecular formula is C13H12ClFN2. The molecule has 0 aliphatic heterocycles. The molecule has 0 aliphatic rings. The van der Waals surface area contributed by atoms with E-state index in [1.807, 2.05) is 6.92 Å². The van der Waals surface area contributed by atoms with Gasteiger partial charge in [-0.3, -0.25) is 0 Å². The van der Waals surface area contributed by atoms with Crippen molar-refractivity contribution in [3.05, 3.63) is 58.4 Å². The van der Waals surface area contributed by atoms with Crippen LogP contribution in [0, 0.1) is 12.7 Å². The SMILES string of the molecule is Cc1cnc(CCc2ccc(F)cc2)nc1Cl. The average Bonchev–Trinajstić information content (AvgIpc) is 2.33. The number of nitrogens with zero attached hydrogens (tertiary/aromatic N) is 2. The van der Waals surface area contributed by atoms with Crippen molar-refractivity contribution in [3.63, 3.8) is 0 Å². The molecule has 0 radical (unpaired) electrons. The Kier molecular flexibility index (Phi) is 3.69. The van der Waals surface area contributed by atoms with Crippen LogP contribution in [0.5, 0.6) is 0 Å². The van der Waals surface area contributed by atoms with E-state index in [2.05, 4.69) is 9.97 Å². The molecule has 1 heterocycles. The minimum Gasteiger partial charge on any atom is -0.241 e. The van der Waals surface area contributed by atoms with Crippen LogP contribution in [0.1, 0.15) is 17.0 Å². The molecule has 1 aromatic carbocycles. The van der Waals surface area contributed by atoms with Crippen LogP contribution in [0.25, 0.3) is 0 Å². The number of hydrogen-bond acceptors (Lipinski definition) is 2. The minimum absolute atomic E-state index is 0.219. The average molecular weight is 251 g/mol. The molecule has 0 saturated carbocycles. The molecule has 0 N–H and O–H groups in total. The molecule has 0 saturated heterocycles. The van der Waals surface area contributed by atoms with Gasteiger partial charge in [0.1, 0.15) is 16.8 Å². The summed E-state index contributed by atoms with van der Waals surface area (Å²) in [6.07, 6.45) is 3.20. The van der Waals surface area contributed by atoms with Crippen LogP contribution in [0.2, 0.25) is 5.15 Å². The second-order valence-corrected chi connectivity index (χ2v) is 4.24. The molecule has 0 unspecified atom stereocenters. The Bertz CT molecular complexity index is 511. The highest BCUT2D eigenvalue weighted by molar-refractivity contribution is 6.30. The molecule has 88 valence electrons. The van der Waals surface area contributed by atoms with Crippen LogP contribution >= 0.6 is 11.6 Å². The lowest BCUT2D eigenvalue weighted by atomic mass is 10.1. The molecule has 0 aliphatic carbocycles. The van der Waals surface area contributed by atoms with Crippen molar-refractivity contribution in [1.82, 2.24) is 9.97 Å². The first kappa shape index (κ1) is 12.0. The molecule has 2 rings (SSSR count). The maximum Gasteiger partial charge on any atom is 0.135 e. The van der Waals surface area contributed by atoms with E-state index in [0.717, 1.165) is 17.5 Å². The maximum atomic E-state index is 12.7. The normalized spacial score (nSPS) is 10.5. The predicted molar refractivity (Wildman–Crippen MR) is 65.6 cm³/mol. The molecule has 0 spiro atoms. The van der Waals surface area contributed by atoms with Gasteiger partial charge in [-0.2, -0.15) is 0 Å². The van der Waals surface area contributed by atoms with E-state index < -0.39 is 0 Å². The van der Waals surface area contributed by atoms with Gasteiger partial charge in [-0.15, -0.1) is 0 Å². The Balaban J connectivity index is 2.02. The Hall–Kier alpha value is -1.48. The molecule has 1 aromatic heterocycles. The lowest BCUT2D eigenvalue weighted by Gasteiger charge is -2.02. The zero-order valence-electron chi connectivity index (χ0n) is 9.45. The van der Waals surface area contributed by atoms with Crippen molar-refractivity contribution in [2.45, 2.75) is 19.8 Å². The number of aromatic nitrogens is 2. The van der Waals surface area contributed by atoms with Gasteiger partial charge in [-0.1, -0.05) is 23.7 Å². The van der Waals surface area contributed by atoms with Gasteiger partial charge in [0, 0.05) is 18.2 Å². The van der Waals surface area contributed by atoms with Gasteiger partial charge < -0.3 is 0 Å². The number of rotatable bonds is 3. The van der Waals surface area contributed by atoms with Crippen LogP contribution in [0.15, 0.2) is 30.5 Å². The van der Waals surface area contributed by atoms with Gasteiger partial charge in [0.05, 0.1) is 0 Å². The smallest absolute Gasteiger partial charge is 0.135 e. The van der Waals surface area contributed by atoms with Gasteiger partial charge in [0.2, 0.25) is 0 Å². The van der Waals surface area contributed by atoms with Gasteiger partial charge in [0.15, 0.2) is 0 Å². The summed E-state index contributed by atoms with van der Waals surface area (Å²) in [5.74, 6) is 0.494. The molecule has 17 heavy (non-hydrogen) atoms. The maximum absolute atomic E-state index is 12.7. The van der Waals surface area contributed by atoms with Crippen LogP contribution in [0.4, 0.5) is 4.39 Å². The summed E-state index contributed by atoms with van der Waals surface area (Å²) in [4.78, 5) is 8.39. The number of aryl methyl sites for hydroxylation is 3. The Morgan fingerprint density at radius 1 is 1.18 bits per heavy atom. The van der Waals surface area contributed by atoms with Crippen molar-refractivity contribution in [2.24, 2.45) is 0 Å². The Morgan fingerprint density at radius 3 is 2.53 bits per heavy atom. The zero-order chi connectivity index (χ0) is 12.3. The monoisotopic (exact) mass is 250 g/mol. The topological polar surface area (TPSA) is 25.8 Å². The first-order chi connectivity index (χ1) is 8.15. The van der Waals surface area contributed by atoms with E-state index in [1.54, 1.807) is 18.3 Å². The molecule has 0 fully saturated rings. The quantitative estimate of drug-likeness (QED) is 0.781. The van der Waals surface area contributed by atoms with E-state index in [9.17, 15) is 4.39 Å². The number of benzene rings is 1. The summed E-state index contributed by atoms with van der Waals surface area (Å²) in [5.41, 5.74) is 1.93. The lowest BCUT2D eigenvalue weighted by molar-refractivity contribution is 0.627. The molecule has 4 heteroatoms. The van der Waals surface area contributed by atoms with Crippen LogP contribution < -0.4 is 0 Å². The Labute approximate surface area is 104 Å². The van der Waals surface area contributed by atoms with Gasteiger partial charge >= 0.3 is 0 Å². The molecule has 0 amide bonds. The van der Waals surface area contributed by atoms with Gasteiger partial charge in [-0.25, -0.2) is 14.4 Å². The predicted octanol–water partition coefficient (Wildman–Crippen LogP) is 3.36. The van der Waals surface area contributed by atoms with Crippen molar-refractivity contribution in [1.29, 1.82) is 0 Å². The first-order valence-corrected chi connectivity index (χ1v) is 5.75. The highest BCUT2D eigenvalue weighted by Crippen LogP contribution is 2.11. The van der Waals surface area contributed by atoms with Crippen molar-refractivity contribution in [3.8, 4) is 0 Å². The summed E-state index contributed by atoms with van der Waals surface area (Å²) in [7, 11) is 0. The number of halogens is 2. The third-order valence-corrected chi connectivity index (χ3v) is 2.89. The first-order valence-electron chi connectivity index (χ1n) is 5.37. The largest absolute Gasteiger partial charge is 0.241 e. The van der Waals surface area contributed by atoms with E-state index in [4.69, 9.17) is 11.6 Å². The molecule has 0 bridgehead atoms. The van der Waals surface area contributed by atoms with Crippen LogP contribution in [-0.4, -0.2) is 9.97 Å². The van der Waals surface area contributed by atoms with E-state index in [1.165, 1.54) is 12.1 Å². The molecule has 0 atom stereocenters. The second kappa shape index (κ2) is 5.23. The van der Waals surface area contributed by atoms with E-state index in [0.29, 0.717) is 17.4 Å². The fourth-order valence-electron chi connectivity index (χ4n) is 1.48. The van der Waals surface area contributed by atoms with Crippen LogP contribution in [0.3, 0.4) is 0 Å². The minimum atomic E-state index is -0.219. The fraction of sp³-hybridized carbons (Fsp3) is 0.231. The summed E-state index contributed by atoms with van der Waals surface area (Å²) in [6, 6.07) is 6.45. The van der Waals surface area contributed by atoms with E-state index in [-0.39, 0.29) is 5.82 Å². The van der Waals surface area contributed by atoms with Crippen molar-refractivity contribution < 1.29 is 4.39 Å². The van der Waals surface area contributed by atoms with Gasteiger partial charge in [-0.05, 0) is 31.0 Å². The third kappa shape index (κ3) is 3.24. The van der Waals surface area contributed by atoms with Gasteiger partial charge in [0.25, 0.3) is 0 Å². The standard InChI is InChI=1S/C13H12ClFN2/c1-9-8-16-12(17-13(9)14)7-4-10-2-5-11(15)6-3-10/h2-3,5-6,8H,4,7H2,1H3. The third-order valence-electron chi connectivity index (χ3n) is 2.51. The molecule has 2 nitrogen and oxygen atoms in total. The molecule has 2 aromatic rings. The second-order valence-electron chi connectivity index (χ2n) is 3.89. The summed E-state index contributed by atoms with van der Waals surface area (Å²) in [5, 5.41) is 0.495. The van der Waals surface area contributed by atoms with Crippen molar-refractivity contribution in [2.75, 3.05) is 0 Å². The van der Waals surface area contributed by atoms with Crippen molar-refractivity contribution >= 4 is 11.6 Å². The Morgan fingerprint density at radius 2 is 1.88 bits per heavy atom. The highest BCUT2D eigenvalue weighted by Gasteiger charge is 2.02. The highest BCUT2D eigenvalue weighted by atomic mass is 35.5. The molecular weight excluding hydrogens is 239 g/mol. The summed E-state index contributed by atoms with van der Waals surface area (Å²) >= 11 is 5.92. The summed E-state index contributed by atoms with van der Waals surface area (Å²) < 4.78 is 12.7.